The standard InChI is InChI=1S/C13H16N4O3/c1-18-9-2-3-10(11(14)8-9)12-15-16-13(20-12)17-4-6-19-7-5-17/h2-3,8H,4-7,14H2,1H3. The van der Waals surface area contributed by atoms with Gasteiger partial charge in [0.25, 0.3) is 5.89 Å². The van der Waals surface area contributed by atoms with Crippen molar-refractivity contribution in [2.24, 2.45) is 0 Å². The molecule has 7 nitrogen and oxygen atoms in total. The van der Waals surface area contributed by atoms with Gasteiger partial charge in [-0.25, -0.2) is 0 Å². The number of ether oxygens (including phenoxy) is 2. The number of nitrogens with zero attached hydrogens (tertiary/aromatic N) is 3. The Morgan fingerprint density at radius 2 is 2.05 bits per heavy atom. The Kier molecular flexibility index (Phi) is 3.42. The summed E-state index contributed by atoms with van der Waals surface area (Å²) in [5.41, 5.74) is 7.22. The van der Waals surface area contributed by atoms with Crippen LogP contribution in [0.4, 0.5) is 11.7 Å². The molecule has 106 valence electrons. The highest BCUT2D eigenvalue weighted by molar-refractivity contribution is 5.72. The first kappa shape index (κ1) is 12.7. The highest BCUT2D eigenvalue weighted by Gasteiger charge is 2.19. The van der Waals surface area contributed by atoms with Gasteiger partial charge < -0.3 is 24.5 Å². The van der Waals surface area contributed by atoms with Crippen molar-refractivity contribution in [1.82, 2.24) is 10.2 Å². The molecule has 3 rings (SSSR count). The van der Waals surface area contributed by atoms with Crippen LogP contribution < -0.4 is 15.4 Å². The van der Waals surface area contributed by atoms with Crippen LogP contribution in [0.3, 0.4) is 0 Å². The minimum Gasteiger partial charge on any atom is -0.497 e. The van der Waals surface area contributed by atoms with Crippen molar-refractivity contribution >= 4 is 11.7 Å². The molecule has 2 N–H and O–H groups in total. The second-order valence-electron chi connectivity index (χ2n) is 4.44. The Morgan fingerprint density at radius 1 is 1.25 bits per heavy atom. The quantitative estimate of drug-likeness (QED) is 0.842. The number of nitrogens with two attached hydrogens (primary N) is 1. The zero-order chi connectivity index (χ0) is 13.9. The van der Waals surface area contributed by atoms with Crippen LogP contribution in [0, 0.1) is 0 Å². The Morgan fingerprint density at radius 3 is 2.75 bits per heavy atom. The third kappa shape index (κ3) is 2.39. The van der Waals surface area contributed by atoms with Crippen molar-refractivity contribution in [2.75, 3.05) is 44.0 Å². The van der Waals surface area contributed by atoms with Crippen LogP contribution in [0.1, 0.15) is 0 Å². The minimum atomic E-state index is 0.409. The third-order valence-corrected chi connectivity index (χ3v) is 3.19. The lowest BCUT2D eigenvalue weighted by Gasteiger charge is -2.24. The van der Waals surface area contributed by atoms with E-state index in [1.54, 1.807) is 13.2 Å². The molecule has 1 fully saturated rings. The summed E-state index contributed by atoms with van der Waals surface area (Å²) in [6, 6.07) is 5.85. The van der Waals surface area contributed by atoms with Crippen molar-refractivity contribution in [2.45, 2.75) is 0 Å². The van der Waals surface area contributed by atoms with Crippen LogP contribution in [0.2, 0.25) is 0 Å². The topological polar surface area (TPSA) is 86.6 Å². The lowest BCUT2D eigenvalue weighted by Crippen LogP contribution is -2.36. The fraction of sp³-hybridized carbons (Fsp3) is 0.385. The van der Waals surface area contributed by atoms with Crippen LogP contribution in [0.5, 0.6) is 5.75 Å². The average Bonchev–Trinajstić information content (AvgIpc) is 2.97. The summed E-state index contributed by atoms with van der Waals surface area (Å²) in [6.45, 7) is 2.84. The fourth-order valence-corrected chi connectivity index (χ4v) is 2.07. The number of benzene rings is 1. The van der Waals surface area contributed by atoms with Gasteiger partial charge in [-0.05, 0) is 12.1 Å². The van der Waals surface area contributed by atoms with E-state index in [9.17, 15) is 0 Å². The second-order valence-corrected chi connectivity index (χ2v) is 4.44. The minimum absolute atomic E-state index is 0.409. The van der Waals surface area contributed by atoms with Gasteiger partial charge in [0.1, 0.15) is 5.75 Å². The molecule has 0 aliphatic carbocycles. The third-order valence-electron chi connectivity index (χ3n) is 3.19. The van der Waals surface area contributed by atoms with Gasteiger partial charge in [-0.2, -0.15) is 0 Å². The SMILES string of the molecule is COc1ccc(-c2nnc(N3CCOCC3)o2)c(N)c1. The molecule has 0 bridgehead atoms. The molecule has 0 spiro atoms. The molecule has 7 heteroatoms. The van der Waals surface area contributed by atoms with Gasteiger partial charge in [0.05, 0.1) is 25.9 Å². The van der Waals surface area contributed by atoms with Gasteiger partial charge in [0.15, 0.2) is 0 Å². The largest absolute Gasteiger partial charge is 0.497 e. The summed E-state index contributed by atoms with van der Waals surface area (Å²) in [7, 11) is 1.59. The van der Waals surface area contributed by atoms with E-state index >= 15 is 0 Å². The van der Waals surface area contributed by atoms with Crippen LogP contribution >= 0.6 is 0 Å². The zero-order valence-corrected chi connectivity index (χ0v) is 11.2. The number of hydrogen-bond acceptors (Lipinski definition) is 7. The van der Waals surface area contributed by atoms with Gasteiger partial charge in [0.2, 0.25) is 0 Å². The first-order chi connectivity index (χ1) is 9.78. The first-order valence-corrected chi connectivity index (χ1v) is 6.38. The van der Waals surface area contributed by atoms with Gasteiger partial charge in [0, 0.05) is 24.8 Å². The van der Waals surface area contributed by atoms with Crippen molar-refractivity contribution in [1.29, 1.82) is 0 Å². The van der Waals surface area contributed by atoms with Gasteiger partial charge >= 0.3 is 6.01 Å². The average molecular weight is 276 g/mol. The molecule has 1 aromatic carbocycles. The molecule has 0 atom stereocenters. The molecular formula is C13H16N4O3. The number of hydrogen-bond donors (Lipinski definition) is 1. The summed E-state index contributed by atoms with van der Waals surface area (Å²) in [6.07, 6.45) is 0. The van der Waals surface area contributed by atoms with Gasteiger partial charge in [-0.3, -0.25) is 0 Å². The van der Waals surface area contributed by atoms with E-state index in [4.69, 9.17) is 19.6 Å². The predicted molar refractivity (Wildman–Crippen MR) is 73.7 cm³/mol. The molecule has 0 radical (unpaired) electrons. The summed E-state index contributed by atoms with van der Waals surface area (Å²) in [5.74, 6) is 1.10. The van der Waals surface area contributed by atoms with Crippen LogP contribution in [-0.2, 0) is 4.74 Å². The molecular weight excluding hydrogens is 260 g/mol. The van der Waals surface area contributed by atoms with Crippen molar-refractivity contribution in [3.05, 3.63) is 18.2 Å². The zero-order valence-electron chi connectivity index (χ0n) is 11.2. The van der Waals surface area contributed by atoms with Crippen molar-refractivity contribution in [3.63, 3.8) is 0 Å². The second kappa shape index (κ2) is 5.38. The summed E-state index contributed by atoms with van der Waals surface area (Å²) >= 11 is 0. The van der Waals surface area contributed by atoms with E-state index in [0.29, 0.717) is 42.1 Å². The molecule has 2 heterocycles. The van der Waals surface area contributed by atoms with Gasteiger partial charge in [-0.1, -0.05) is 5.10 Å². The van der Waals surface area contributed by atoms with E-state index in [2.05, 4.69) is 10.2 Å². The molecule has 1 aliphatic heterocycles. The Bertz CT molecular complexity index is 593. The Balaban J connectivity index is 1.85. The van der Waals surface area contributed by atoms with E-state index in [0.717, 1.165) is 13.1 Å². The maximum absolute atomic E-state index is 5.98. The molecule has 0 saturated carbocycles. The van der Waals surface area contributed by atoms with E-state index in [-0.39, 0.29) is 0 Å². The van der Waals surface area contributed by atoms with Crippen molar-refractivity contribution < 1.29 is 13.9 Å². The molecule has 2 aromatic rings. The maximum atomic E-state index is 5.98. The predicted octanol–water partition coefficient (Wildman–Crippen LogP) is 1.16. The summed E-state index contributed by atoms with van der Waals surface area (Å²) < 4.78 is 16.1. The number of anilines is 2. The van der Waals surface area contributed by atoms with Gasteiger partial charge in [-0.15, -0.1) is 5.10 Å². The number of morpholine rings is 1. The number of aromatic nitrogens is 2. The Labute approximate surface area is 116 Å². The van der Waals surface area contributed by atoms with E-state index in [1.807, 2.05) is 17.0 Å². The number of rotatable bonds is 3. The lowest BCUT2D eigenvalue weighted by molar-refractivity contribution is 0.120. The molecule has 1 aromatic heterocycles. The molecule has 20 heavy (non-hydrogen) atoms. The number of methoxy groups -OCH3 is 1. The molecule has 1 aliphatic rings. The summed E-state index contributed by atoms with van der Waals surface area (Å²) in [4.78, 5) is 2.00. The first-order valence-electron chi connectivity index (χ1n) is 6.38. The van der Waals surface area contributed by atoms with Crippen molar-refractivity contribution in [3.8, 4) is 17.2 Å². The highest BCUT2D eigenvalue weighted by atomic mass is 16.5. The normalized spacial score (nSPS) is 15.3. The monoisotopic (exact) mass is 276 g/mol. The van der Waals surface area contributed by atoms with E-state index in [1.165, 1.54) is 0 Å². The maximum Gasteiger partial charge on any atom is 0.318 e. The smallest absolute Gasteiger partial charge is 0.318 e. The summed E-state index contributed by atoms with van der Waals surface area (Å²) in [5, 5.41) is 8.12. The molecule has 1 saturated heterocycles. The molecule has 0 amide bonds. The Hall–Kier alpha value is -2.28. The van der Waals surface area contributed by atoms with Crippen LogP contribution in [-0.4, -0.2) is 43.6 Å². The van der Waals surface area contributed by atoms with E-state index < -0.39 is 0 Å². The lowest BCUT2D eigenvalue weighted by atomic mass is 10.2. The fourth-order valence-electron chi connectivity index (χ4n) is 2.07. The number of nitrogen functional groups attached to an aromatic ring is 1. The highest BCUT2D eigenvalue weighted by Crippen LogP contribution is 2.30. The van der Waals surface area contributed by atoms with Crippen LogP contribution in [0.15, 0.2) is 22.6 Å². The molecule has 0 unspecified atom stereocenters. The van der Waals surface area contributed by atoms with Crippen LogP contribution in [0.25, 0.3) is 11.5 Å².